The molecule has 7 aliphatic heterocycles. The molecule has 3 N–H and O–H groups in total. The van der Waals surface area contributed by atoms with Crippen molar-refractivity contribution in [2.75, 3.05) is 19.6 Å². The molecule has 7 heterocycles. The van der Waals surface area contributed by atoms with E-state index in [9.17, 15) is 5.11 Å². The second kappa shape index (κ2) is 13.4. The lowest BCUT2D eigenvalue weighted by Crippen LogP contribution is -2.78. The SMILES string of the molecule is C[C@@H]1/C=C2/CC[C@]34C[C@@H]2C2=C5CC[C@]67/C8=C(\O)[C@@H]9[C@@H](C#CCc%10ccc(CCCN)c%11c%10[C@@]6(OC%11=O)[C@@H](C1)[C@]27C(=O)O8)[C@H]1CC[C@]2(CCC6(CCCC6)C2)[C@@H]9N2C[C@@H]6C[C@@H](CN7C(=C(CC[C@@H]67)C[C@@H]3C)[C@@H]54)[C@@H]12. The van der Waals surface area contributed by atoms with E-state index in [1.807, 2.05) is 0 Å². The summed E-state index contributed by atoms with van der Waals surface area (Å²) < 4.78 is 15.0. The van der Waals surface area contributed by atoms with Crippen LogP contribution in [0.5, 0.6) is 0 Å². The summed E-state index contributed by atoms with van der Waals surface area (Å²) in [7, 11) is 0. The van der Waals surface area contributed by atoms with E-state index >= 15 is 9.59 Å². The van der Waals surface area contributed by atoms with Crippen LogP contribution in [-0.2, 0) is 32.7 Å². The van der Waals surface area contributed by atoms with Crippen molar-refractivity contribution in [1.29, 1.82) is 0 Å². The minimum Gasteiger partial charge on any atom is -0.508 e. The van der Waals surface area contributed by atoms with Crippen LogP contribution in [0.4, 0.5) is 0 Å². The van der Waals surface area contributed by atoms with Crippen molar-refractivity contribution >= 4 is 11.9 Å². The van der Waals surface area contributed by atoms with Crippen LogP contribution in [0.3, 0.4) is 0 Å². The molecule has 5 saturated carbocycles. The molecule has 0 unspecified atom stereocenters. The highest BCUT2D eigenvalue weighted by molar-refractivity contribution is 6.01. The summed E-state index contributed by atoms with van der Waals surface area (Å²) in [5, 5.41) is 14.6. The zero-order valence-corrected chi connectivity index (χ0v) is 43.0. The fourth-order valence-corrected chi connectivity index (χ4v) is 24.9. The van der Waals surface area contributed by atoms with Crippen LogP contribution in [0.1, 0.15) is 169 Å². The Kier molecular flexibility index (Phi) is 7.90. The van der Waals surface area contributed by atoms with Crippen molar-refractivity contribution in [2.45, 2.75) is 179 Å². The number of nitrogens with zero attached hydrogens (tertiary/aromatic N) is 2. The van der Waals surface area contributed by atoms with Crippen molar-refractivity contribution in [3.63, 3.8) is 0 Å². The van der Waals surface area contributed by atoms with Gasteiger partial charge in [0.1, 0.15) is 11.2 Å². The number of rotatable bonds is 3. The van der Waals surface area contributed by atoms with Crippen molar-refractivity contribution in [3.8, 4) is 11.8 Å². The van der Waals surface area contributed by atoms with E-state index in [0.29, 0.717) is 84.1 Å². The molecule has 10 aliphatic carbocycles. The summed E-state index contributed by atoms with van der Waals surface area (Å²) in [5.41, 5.74) is 15.2. The summed E-state index contributed by atoms with van der Waals surface area (Å²) in [6.45, 7) is 7.80. The number of aryl methyl sites for hydroxylation is 1. The maximum absolute atomic E-state index is 16.8. The van der Waals surface area contributed by atoms with Crippen molar-refractivity contribution in [3.05, 3.63) is 80.0 Å². The first-order chi connectivity index (χ1) is 35.0. The Morgan fingerprint density at radius 2 is 1.85 bits per heavy atom. The summed E-state index contributed by atoms with van der Waals surface area (Å²) in [6.07, 6.45) is 26.7. The third-order valence-electron chi connectivity index (χ3n) is 26.7. The molecule has 0 amide bonds. The molecule has 1 aromatic carbocycles. The molecule has 6 bridgehead atoms. The lowest BCUT2D eigenvalue weighted by Gasteiger charge is -2.74. The molecule has 6 spiro atoms. The number of fused-ring (bicyclic) bond motifs is 8. The van der Waals surface area contributed by atoms with Crippen LogP contribution in [0.2, 0.25) is 0 Å². The molecular weight excluding hydrogens is 891 g/mol. The van der Waals surface area contributed by atoms with Gasteiger partial charge < -0.3 is 25.2 Å². The fraction of sp³-hybridized carbons (Fsp3) is 0.719. The van der Waals surface area contributed by atoms with Crippen LogP contribution in [-0.4, -0.2) is 64.6 Å². The van der Waals surface area contributed by atoms with Gasteiger partial charge in [-0.1, -0.05) is 73.5 Å². The monoisotopic (exact) mass is 966 g/mol. The maximum atomic E-state index is 16.8. The molecule has 17 aliphatic rings. The van der Waals surface area contributed by atoms with Crippen LogP contribution < -0.4 is 5.73 Å². The van der Waals surface area contributed by atoms with Gasteiger partial charge in [-0.15, -0.1) is 0 Å². The van der Waals surface area contributed by atoms with Crippen LogP contribution in [0.25, 0.3) is 0 Å². The molecule has 376 valence electrons. The minimum absolute atomic E-state index is 0.0531. The molecule has 18 rings (SSSR count). The smallest absolute Gasteiger partial charge is 0.339 e. The number of benzene rings is 1. The van der Waals surface area contributed by atoms with Gasteiger partial charge in [-0.25, -0.2) is 4.79 Å². The Bertz CT molecular complexity index is 2980. The lowest BCUT2D eigenvalue weighted by atomic mass is 9.26. The number of allylic oxidation sites excluding steroid dienone is 4. The first kappa shape index (κ1) is 42.4. The van der Waals surface area contributed by atoms with Crippen molar-refractivity contribution in [2.24, 2.45) is 92.0 Å². The van der Waals surface area contributed by atoms with Gasteiger partial charge in [0, 0.05) is 78.5 Å². The topological polar surface area (TPSA) is 105 Å². The predicted molar refractivity (Wildman–Crippen MR) is 271 cm³/mol. The molecule has 1 aromatic rings. The van der Waals surface area contributed by atoms with Gasteiger partial charge in [0.2, 0.25) is 0 Å². The number of hydrogen-bond acceptors (Lipinski definition) is 8. The summed E-state index contributed by atoms with van der Waals surface area (Å²) in [5.74, 6) is 10.5. The molecule has 8 heteroatoms. The highest BCUT2D eigenvalue weighted by Gasteiger charge is 2.95. The molecule has 5 saturated heterocycles. The minimum atomic E-state index is -1.19. The van der Waals surface area contributed by atoms with E-state index in [0.717, 1.165) is 68.3 Å². The van der Waals surface area contributed by atoms with Crippen LogP contribution in [0, 0.1) is 98.1 Å². The molecule has 72 heavy (non-hydrogen) atoms. The number of aliphatic hydroxyl groups excluding tert-OH is 1. The third kappa shape index (κ3) is 4.36. The van der Waals surface area contributed by atoms with E-state index in [1.54, 1.807) is 22.4 Å². The van der Waals surface area contributed by atoms with Crippen molar-refractivity contribution < 1.29 is 24.2 Å². The average Bonchev–Trinajstić information content (AvgIpc) is 4.16. The zero-order chi connectivity index (χ0) is 47.8. The highest BCUT2D eigenvalue weighted by Crippen LogP contribution is 2.90. The Hall–Kier alpha value is -3.80. The number of carbonyl (C=O) groups excluding carboxylic acids is 2. The summed E-state index contributed by atoms with van der Waals surface area (Å²) >= 11 is 0. The number of esters is 2. The number of piperidine rings is 3. The Morgan fingerprint density at radius 3 is 2.72 bits per heavy atom. The predicted octanol–water partition coefficient (Wildman–Crippen LogP) is 10.8. The van der Waals surface area contributed by atoms with Gasteiger partial charge in [-0.05, 0) is 191 Å². The fourth-order valence-electron chi connectivity index (χ4n) is 24.9. The molecule has 8 nitrogen and oxygen atoms in total. The first-order valence-electron chi connectivity index (χ1n) is 29.9. The zero-order valence-electron chi connectivity index (χ0n) is 43.0. The van der Waals surface area contributed by atoms with E-state index < -0.39 is 16.4 Å². The average molecular weight is 966 g/mol. The largest absolute Gasteiger partial charge is 0.508 e. The maximum Gasteiger partial charge on any atom is 0.339 e. The number of hydrogen-bond donors (Lipinski definition) is 2. The summed E-state index contributed by atoms with van der Waals surface area (Å²) in [4.78, 5) is 38.6. The number of ether oxygens (including phenoxy) is 2. The second-order valence-corrected chi connectivity index (χ2v) is 28.6. The molecule has 18 atom stereocenters. The molecular formula is C64H75N3O5. The van der Waals surface area contributed by atoms with Crippen LogP contribution in [0.15, 0.2) is 57.7 Å². The Labute approximate surface area is 426 Å². The number of carbonyl (C=O) groups is 2. The van der Waals surface area contributed by atoms with Gasteiger partial charge in [0.05, 0.1) is 11.0 Å². The Morgan fingerprint density at radius 1 is 0.958 bits per heavy atom. The summed E-state index contributed by atoms with van der Waals surface area (Å²) in [6, 6.07) is 5.53. The quantitative estimate of drug-likeness (QED) is 0.175. The Balaban J connectivity index is 0.998. The number of aliphatic hydroxyl groups is 1. The van der Waals surface area contributed by atoms with Gasteiger partial charge in [-0.2, -0.15) is 0 Å². The standard InChI is InChI=1S/C64H75N3O5/c1-33-25-37-14-20-61-29-44(37)50-43-16-21-62-56-54(68)48-41(9-5-7-36-11-10-35(8-6-24-65)47-49(36)64(62,72-57(47)69)46(26-33)63(50,62)58(70)71-56)42-15-19-60(23-22-59(32-60)17-3-4-18-59)55(48)67-30-39-28-40(52(42)67)31-66-45(39)13-12-38(27-34(61)2)53(66)51(43)61/h10-11,25,33-34,39-42,44-46,48,51-52,55,68H,3-4,6-8,12-24,26-32,65H2,1-2H3/b37-25-,56-54+/t33-,34+,39+,40+,41+,42-,44+,45+,46+,48+,51-,52+,55-,60-,61+,62-,63-,64+/m1/s1. The van der Waals surface area contributed by atoms with Gasteiger partial charge >= 0.3 is 11.9 Å². The lowest BCUT2D eigenvalue weighted by molar-refractivity contribution is -0.283. The van der Waals surface area contributed by atoms with E-state index in [1.165, 1.54) is 89.0 Å². The second-order valence-electron chi connectivity index (χ2n) is 28.6. The van der Waals surface area contributed by atoms with E-state index in [4.69, 9.17) is 15.2 Å². The highest BCUT2D eigenvalue weighted by atomic mass is 16.6. The van der Waals surface area contributed by atoms with E-state index in [2.05, 4.69) is 53.7 Å². The van der Waals surface area contributed by atoms with Gasteiger partial charge in [0.15, 0.2) is 11.4 Å². The van der Waals surface area contributed by atoms with Crippen LogP contribution >= 0.6 is 0 Å². The van der Waals surface area contributed by atoms with Gasteiger partial charge in [-0.3, -0.25) is 9.69 Å². The van der Waals surface area contributed by atoms with Crippen molar-refractivity contribution in [1.82, 2.24) is 9.80 Å². The first-order valence-corrected chi connectivity index (χ1v) is 29.9. The normalized spacial score (nSPS) is 51.8. The molecule has 10 fully saturated rings. The molecule has 0 aromatic heterocycles. The van der Waals surface area contributed by atoms with Gasteiger partial charge in [0.25, 0.3) is 0 Å². The molecule has 0 radical (unpaired) electrons. The third-order valence-corrected chi connectivity index (χ3v) is 26.7. The number of nitrogens with two attached hydrogens (primary N) is 1. The van der Waals surface area contributed by atoms with E-state index in [-0.39, 0.29) is 64.3 Å².